The highest BCUT2D eigenvalue weighted by atomic mass is 19.1. The summed E-state index contributed by atoms with van der Waals surface area (Å²) in [6.45, 7) is 10.9. The molecule has 0 radical (unpaired) electrons. The van der Waals surface area contributed by atoms with Gasteiger partial charge in [-0.15, -0.1) is 0 Å². The van der Waals surface area contributed by atoms with Crippen molar-refractivity contribution in [2.24, 2.45) is 5.18 Å². The number of methoxy groups -OCH3 is 1. The van der Waals surface area contributed by atoms with Crippen LogP contribution in [0.4, 0.5) is 4.39 Å². The van der Waals surface area contributed by atoms with Gasteiger partial charge in [0.1, 0.15) is 18.1 Å². The summed E-state index contributed by atoms with van der Waals surface area (Å²) in [5.74, 6) is 0.0444. The van der Waals surface area contributed by atoms with Crippen molar-refractivity contribution >= 4 is 0 Å². The van der Waals surface area contributed by atoms with Gasteiger partial charge in [0.15, 0.2) is 0 Å². The quantitative estimate of drug-likeness (QED) is 0.583. The van der Waals surface area contributed by atoms with Gasteiger partial charge in [-0.3, -0.25) is 0 Å². The summed E-state index contributed by atoms with van der Waals surface area (Å²) in [6, 6.07) is 7.62. The molecule has 1 aliphatic rings. The first kappa shape index (κ1) is 19.5. The Morgan fingerprint density at radius 3 is 2.22 bits per heavy atom. The fourth-order valence-corrected chi connectivity index (χ4v) is 4.21. The molecule has 3 nitrogen and oxygen atoms in total. The molecule has 0 atom stereocenters. The first-order chi connectivity index (χ1) is 12.6. The lowest BCUT2D eigenvalue weighted by Gasteiger charge is -2.42. The Morgan fingerprint density at radius 1 is 1.07 bits per heavy atom. The number of halogens is 1. The van der Waals surface area contributed by atoms with Crippen molar-refractivity contribution in [3.63, 3.8) is 0 Å². The number of nitrogens with zero attached hydrogens (tertiary/aromatic N) is 1. The number of fused-ring (bicyclic) bond motifs is 1. The van der Waals surface area contributed by atoms with Crippen molar-refractivity contribution in [2.45, 2.75) is 64.8 Å². The van der Waals surface area contributed by atoms with Crippen molar-refractivity contribution in [3.8, 4) is 16.9 Å². The molecule has 2 aromatic carbocycles. The van der Waals surface area contributed by atoms with E-state index in [2.05, 4.69) is 45.0 Å². The van der Waals surface area contributed by atoms with Crippen LogP contribution < -0.4 is 4.74 Å². The summed E-state index contributed by atoms with van der Waals surface area (Å²) in [6.07, 6.45) is 2.22. The van der Waals surface area contributed by atoms with E-state index in [0.29, 0.717) is 11.3 Å². The van der Waals surface area contributed by atoms with Gasteiger partial charge in [-0.2, -0.15) is 4.91 Å². The highest BCUT2D eigenvalue weighted by Gasteiger charge is 2.37. The van der Waals surface area contributed by atoms with Crippen molar-refractivity contribution < 1.29 is 9.13 Å². The molecule has 3 rings (SSSR count). The molecule has 0 aromatic heterocycles. The monoisotopic (exact) mass is 369 g/mol. The fourth-order valence-electron chi connectivity index (χ4n) is 4.21. The molecule has 0 bridgehead atoms. The molecule has 144 valence electrons. The summed E-state index contributed by atoms with van der Waals surface area (Å²) < 4.78 is 20.7. The normalized spacial score (nSPS) is 17.3. The van der Waals surface area contributed by atoms with Crippen molar-refractivity contribution in [1.29, 1.82) is 0 Å². The highest BCUT2D eigenvalue weighted by molar-refractivity contribution is 5.76. The molecular weight excluding hydrogens is 341 g/mol. The Labute approximate surface area is 160 Å². The van der Waals surface area contributed by atoms with Gasteiger partial charge >= 0.3 is 0 Å². The van der Waals surface area contributed by atoms with Gasteiger partial charge < -0.3 is 4.74 Å². The third-order valence-corrected chi connectivity index (χ3v) is 6.11. The van der Waals surface area contributed by atoms with E-state index in [0.717, 1.165) is 24.0 Å². The molecule has 27 heavy (non-hydrogen) atoms. The van der Waals surface area contributed by atoms with Gasteiger partial charge in [-0.05, 0) is 65.0 Å². The third-order valence-electron chi connectivity index (χ3n) is 6.11. The Balaban J connectivity index is 2.31. The van der Waals surface area contributed by atoms with Crippen LogP contribution >= 0.6 is 0 Å². The Morgan fingerprint density at radius 2 is 1.67 bits per heavy atom. The largest absolute Gasteiger partial charge is 0.496 e. The lowest BCUT2D eigenvalue weighted by atomic mass is 9.62. The number of hydrogen-bond acceptors (Lipinski definition) is 3. The van der Waals surface area contributed by atoms with Crippen molar-refractivity contribution in [3.05, 3.63) is 57.2 Å². The molecule has 1 aliphatic carbocycles. The second-order valence-electron chi connectivity index (χ2n) is 8.88. The van der Waals surface area contributed by atoms with E-state index in [9.17, 15) is 4.91 Å². The minimum absolute atomic E-state index is 0.0268. The minimum Gasteiger partial charge on any atom is -0.496 e. The first-order valence-electron chi connectivity index (χ1n) is 9.43. The average molecular weight is 369 g/mol. The lowest BCUT2D eigenvalue weighted by molar-refractivity contribution is 0.332. The molecule has 0 heterocycles. The molecular formula is C23H28FNO2. The summed E-state index contributed by atoms with van der Waals surface area (Å²) in [4.78, 5) is 10.7. The molecule has 0 unspecified atom stereocenters. The van der Waals surface area contributed by atoms with E-state index in [1.165, 1.54) is 18.2 Å². The van der Waals surface area contributed by atoms with Gasteiger partial charge in [-0.1, -0.05) is 45.0 Å². The van der Waals surface area contributed by atoms with Crippen LogP contribution in [0.3, 0.4) is 0 Å². The maximum atomic E-state index is 15.3. The first-order valence-corrected chi connectivity index (χ1v) is 9.43. The van der Waals surface area contributed by atoms with E-state index in [1.54, 1.807) is 12.1 Å². The molecule has 2 aromatic rings. The molecule has 0 amide bonds. The fraction of sp³-hybridized carbons (Fsp3) is 0.478. The lowest BCUT2D eigenvalue weighted by Crippen LogP contribution is -2.34. The number of nitroso groups, excluding NO2 is 1. The van der Waals surface area contributed by atoms with Crippen LogP contribution in [-0.2, 0) is 17.4 Å². The van der Waals surface area contributed by atoms with Crippen LogP contribution in [0.25, 0.3) is 11.1 Å². The minimum atomic E-state index is -0.426. The van der Waals surface area contributed by atoms with E-state index >= 15 is 4.39 Å². The smallest absolute Gasteiger partial charge is 0.139 e. The summed E-state index contributed by atoms with van der Waals surface area (Å²) in [5, 5.41) is 2.86. The standard InChI is InChI=1S/C23H28FNO2/c1-14-11-17-18(23(4,5)10-9-22(17,2)3)12-16(14)20-19(27-6)8-7-15(13-25-26)21(20)24/h7-8,11-12H,9-10,13H2,1-6H3. The van der Waals surface area contributed by atoms with Gasteiger partial charge in [-0.25, -0.2) is 4.39 Å². The summed E-state index contributed by atoms with van der Waals surface area (Å²) in [5.41, 5.74) is 5.26. The topological polar surface area (TPSA) is 38.7 Å². The molecule has 0 N–H and O–H groups in total. The summed E-state index contributed by atoms with van der Waals surface area (Å²) >= 11 is 0. The molecule has 0 saturated carbocycles. The van der Waals surface area contributed by atoms with Crippen LogP contribution in [0.5, 0.6) is 5.75 Å². The van der Waals surface area contributed by atoms with Gasteiger partial charge in [0, 0.05) is 5.56 Å². The van der Waals surface area contributed by atoms with Crippen molar-refractivity contribution in [1.82, 2.24) is 0 Å². The van der Waals surface area contributed by atoms with Gasteiger partial charge in [0.2, 0.25) is 0 Å². The van der Waals surface area contributed by atoms with Gasteiger partial charge in [0.25, 0.3) is 0 Å². The second kappa shape index (κ2) is 6.74. The number of rotatable bonds is 4. The zero-order chi connectivity index (χ0) is 20.0. The Hall–Kier alpha value is -2.23. The highest BCUT2D eigenvalue weighted by Crippen LogP contribution is 2.48. The third kappa shape index (κ3) is 3.26. The molecule has 0 aliphatic heterocycles. The zero-order valence-electron chi connectivity index (χ0n) is 17.1. The molecule has 0 saturated heterocycles. The van der Waals surface area contributed by atoms with E-state index in [1.807, 2.05) is 6.92 Å². The van der Waals surface area contributed by atoms with Gasteiger partial charge in [0.05, 0.1) is 12.7 Å². The number of benzene rings is 2. The maximum Gasteiger partial charge on any atom is 0.139 e. The van der Waals surface area contributed by atoms with E-state index < -0.39 is 5.82 Å². The number of ether oxygens (including phenoxy) is 1. The summed E-state index contributed by atoms with van der Waals surface area (Å²) in [7, 11) is 1.54. The second-order valence-corrected chi connectivity index (χ2v) is 8.88. The van der Waals surface area contributed by atoms with E-state index in [-0.39, 0.29) is 22.9 Å². The van der Waals surface area contributed by atoms with E-state index in [4.69, 9.17) is 4.74 Å². The maximum absolute atomic E-state index is 15.3. The van der Waals surface area contributed by atoms with Crippen LogP contribution in [0.15, 0.2) is 29.4 Å². The Kier molecular flexibility index (Phi) is 4.87. The molecule has 4 heteroatoms. The van der Waals surface area contributed by atoms with Crippen LogP contribution in [0, 0.1) is 17.6 Å². The Bertz CT molecular complexity index is 900. The predicted molar refractivity (Wildman–Crippen MR) is 108 cm³/mol. The molecule has 0 fully saturated rings. The SMILES string of the molecule is COc1ccc(CN=O)c(F)c1-c1cc2c(cc1C)C(C)(C)CCC2(C)C. The predicted octanol–water partition coefficient (Wildman–Crippen LogP) is 6.43. The number of aryl methyl sites for hydroxylation is 1. The zero-order valence-corrected chi connectivity index (χ0v) is 17.1. The van der Waals surface area contributed by atoms with Crippen LogP contribution in [0.1, 0.15) is 62.8 Å². The van der Waals surface area contributed by atoms with Crippen LogP contribution in [0.2, 0.25) is 0 Å². The molecule has 0 spiro atoms. The number of hydrogen-bond donors (Lipinski definition) is 0. The van der Waals surface area contributed by atoms with Crippen LogP contribution in [-0.4, -0.2) is 7.11 Å². The average Bonchev–Trinajstić information content (AvgIpc) is 2.61. The van der Waals surface area contributed by atoms with Crippen molar-refractivity contribution in [2.75, 3.05) is 7.11 Å².